The van der Waals surface area contributed by atoms with Crippen molar-refractivity contribution in [1.29, 1.82) is 0 Å². The maximum atomic E-state index is 12.2. The molecule has 2 aromatic carbocycles. The highest BCUT2D eigenvalue weighted by molar-refractivity contribution is 7.89. The molecule has 0 saturated carbocycles. The molecular formula is C18H23N3O4S2. The number of sulfonamides is 1. The first kappa shape index (κ1) is 20.9. The lowest BCUT2D eigenvalue weighted by Crippen LogP contribution is -2.32. The molecule has 0 aromatic heterocycles. The number of nitrogens with zero attached hydrogens (tertiary/aromatic N) is 1. The third-order valence-electron chi connectivity index (χ3n) is 3.59. The Morgan fingerprint density at radius 2 is 1.78 bits per heavy atom. The predicted molar refractivity (Wildman–Crippen MR) is 110 cm³/mol. The van der Waals surface area contributed by atoms with Gasteiger partial charge in [0.1, 0.15) is 18.1 Å². The van der Waals surface area contributed by atoms with Crippen molar-refractivity contribution in [3.05, 3.63) is 48.5 Å². The summed E-state index contributed by atoms with van der Waals surface area (Å²) in [5, 5.41) is 6.37. The van der Waals surface area contributed by atoms with Crippen LogP contribution in [0.4, 0.5) is 5.69 Å². The fourth-order valence-electron chi connectivity index (χ4n) is 2.13. The number of anilines is 1. The molecule has 146 valence electrons. The van der Waals surface area contributed by atoms with Gasteiger partial charge in [0.2, 0.25) is 10.0 Å². The summed E-state index contributed by atoms with van der Waals surface area (Å²) in [5.74, 6) is 1.50. The van der Waals surface area contributed by atoms with E-state index in [1.54, 1.807) is 25.3 Å². The number of ether oxygens (including phenoxy) is 2. The highest BCUT2D eigenvalue weighted by atomic mass is 32.2. The average Bonchev–Trinajstić information content (AvgIpc) is 2.66. The first-order valence-corrected chi connectivity index (χ1v) is 10.0. The van der Waals surface area contributed by atoms with Gasteiger partial charge in [-0.15, -0.1) is 0 Å². The van der Waals surface area contributed by atoms with E-state index >= 15 is 0 Å². The summed E-state index contributed by atoms with van der Waals surface area (Å²) in [6.07, 6.45) is 0. The second-order valence-corrected chi connectivity index (χ2v) is 8.28. The summed E-state index contributed by atoms with van der Waals surface area (Å²) >= 11 is 5.23. The van der Waals surface area contributed by atoms with E-state index < -0.39 is 10.0 Å². The second kappa shape index (κ2) is 9.54. The van der Waals surface area contributed by atoms with Crippen molar-refractivity contribution in [2.75, 3.05) is 39.7 Å². The van der Waals surface area contributed by atoms with Crippen LogP contribution in [0.2, 0.25) is 0 Å². The highest BCUT2D eigenvalue weighted by Crippen LogP contribution is 2.18. The molecule has 0 spiro atoms. The van der Waals surface area contributed by atoms with Gasteiger partial charge < -0.3 is 20.1 Å². The van der Waals surface area contributed by atoms with Crippen LogP contribution >= 0.6 is 12.2 Å². The van der Waals surface area contributed by atoms with Crippen LogP contribution < -0.4 is 20.1 Å². The number of hydrogen-bond donors (Lipinski definition) is 2. The predicted octanol–water partition coefficient (Wildman–Crippen LogP) is 2.31. The van der Waals surface area contributed by atoms with Gasteiger partial charge in [-0.05, 0) is 54.7 Å². The number of hydrogen-bond acceptors (Lipinski definition) is 5. The number of benzene rings is 2. The van der Waals surface area contributed by atoms with Crippen molar-refractivity contribution in [1.82, 2.24) is 9.62 Å². The number of nitrogens with one attached hydrogen (secondary N) is 2. The maximum Gasteiger partial charge on any atom is 0.242 e. The van der Waals surface area contributed by atoms with Crippen LogP contribution in [-0.4, -0.2) is 52.2 Å². The van der Waals surface area contributed by atoms with Crippen LogP contribution in [0.1, 0.15) is 0 Å². The summed E-state index contributed by atoms with van der Waals surface area (Å²) in [4.78, 5) is 0.197. The lowest BCUT2D eigenvalue weighted by molar-refractivity contribution is 0.322. The Bertz CT molecular complexity index is 868. The average molecular weight is 410 g/mol. The summed E-state index contributed by atoms with van der Waals surface area (Å²) in [7, 11) is 1.10. The quantitative estimate of drug-likeness (QED) is 0.512. The van der Waals surface area contributed by atoms with Crippen molar-refractivity contribution in [2.24, 2.45) is 0 Å². The molecule has 0 aliphatic rings. The second-order valence-electron chi connectivity index (χ2n) is 5.72. The molecule has 0 amide bonds. The third-order valence-corrected chi connectivity index (χ3v) is 5.64. The van der Waals surface area contributed by atoms with E-state index in [0.717, 1.165) is 11.5 Å². The molecule has 7 nitrogen and oxygen atoms in total. The Labute approximate surface area is 165 Å². The molecule has 0 radical (unpaired) electrons. The SMILES string of the molecule is COc1ccc(OCCNC(=S)Nc2cccc(S(=O)(=O)N(C)C)c2)cc1. The van der Waals surface area contributed by atoms with Crippen molar-refractivity contribution in [3.63, 3.8) is 0 Å². The summed E-state index contributed by atoms with van der Waals surface area (Å²) < 4.78 is 36.2. The van der Waals surface area contributed by atoms with Crippen LogP contribution in [0.5, 0.6) is 11.5 Å². The van der Waals surface area contributed by atoms with Crippen LogP contribution in [0.3, 0.4) is 0 Å². The van der Waals surface area contributed by atoms with Crippen molar-refractivity contribution in [3.8, 4) is 11.5 Å². The number of thiocarbonyl (C=S) groups is 1. The molecule has 2 N–H and O–H groups in total. The van der Waals surface area contributed by atoms with Crippen molar-refractivity contribution < 1.29 is 17.9 Å². The number of methoxy groups -OCH3 is 1. The van der Waals surface area contributed by atoms with E-state index in [1.165, 1.54) is 24.5 Å². The molecule has 0 aliphatic carbocycles. The Morgan fingerprint density at radius 3 is 2.41 bits per heavy atom. The van der Waals surface area contributed by atoms with Gasteiger partial charge in [0.25, 0.3) is 0 Å². The summed E-state index contributed by atoms with van der Waals surface area (Å²) in [6, 6.07) is 13.8. The first-order valence-electron chi connectivity index (χ1n) is 8.17. The van der Waals surface area contributed by atoms with Gasteiger partial charge in [-0.2, -0.15) is 0 Å². The number of rotatable bonds is 8. The molecule has 2 rings (SSSR count). The minimum absolute atomic E-state index is 0.197. The van der Waals surface area contributed by atoms with Gasteiger partial charge >= 0.3 is 0 Å². The first-order chi connectivity index (χ1) is 12.8. The van der Waals surface area contributed by atoms with Gasteiger partial charge in [-0.1, -0.05) is 6.07 Å². The monoisotopic (exact) mass is 409 g/mol. The standard InChI is InChI=1S/C18H23N3O4S2/c1-21(2)27(22,23)17-6-4-5-14(13-17)20-18(26)19-11-12-25-16-9-7-15(24-3)8-10-16/h4-10,13H,11-12H2,1-3H3,(H2,19,20,26). The Morgan fingerprint density at radius 1 is 1.11 bits per heavy atom. The Kier molecular flexibility index (Phi) is 7.40. The zero-order valence-electron chi connectivity index (χ0n) is 15.4. The van der Waals surface area contributed by atoms with E-state index in [9.17, 15) is 8.42 Å². The normalized spacial score (nSPS) is 11.1. The van der Waals surface area contributed by atoms with E-state index in [4.69, 9.17) is 21.7 Å². The minimum atomic E-state index is -3.49. The van der Waals surface area contributed by atoms with E-state index in [-0.39, 0.29) is 4.90 Å². The molecule has 0 unspecified atom stereocenters. The molecular weight excluding hydrogens is 386 g/mol. The van der Waals surface area contributed by atoms with Gasteiger partial charge in [0.05, 0.1) is 18.6 Å². The summed E-state index contributed by atoms with van der Waals surface area (Å²) in [6.45, 7) is 0.913. The van der Waals surface area contributed by atoms with E-state index in [2.05, 4.69) is 10.6 Å². The van der Waals surface area contributed by atoms with Crippen LogP contribution in [-0.2, 0) is 10.0 Å². The topological polar surface area (TPSA) is 79.9 Å². The zero-order chi connectivity index (χ0) is 19.9. The lowest BCUT2D eigenvalue weighted by atomic mass is 10.3. The minimum Gasteiger partial charge on any atom is -0.497 e. The molecule has 0 saturated heterocycles. The van der Waals surface area contributed by atoms with Gasteiger partial charge in [0, 0.05) is 19.8 Å². The fourth-order valence-corrected chi connectivity index (χ4v) is 3.29. The molecule has 0 fully saturated rings. The van der Waals surface area contributed by atoms with E-state index in [0.29, 0.717) is 24.0 Å². The smallest absolute Gasteiger partial charge is 0.242 e. The Balaban J connectivity index is 1.82. The van der Waals surface area contributed by atoms with Gasteiger partial charge in [-0.3, -0.25) is 0 Å². The van der Waals surface area contributed by atoms with Crippen molar-refractivity contribution >= 4 is 33.0 Å². The maximum absolute atomic E-state index is 12.2. The molecule has 0 atom stereocenters. The van der Waals surface area contributed by atoms with Gasteiger partial charge in [-0.25, -0.2) is 12.7 Å². The fraction of sp³-hybridized carbons (Fsp3) is 0.278. The zero-order valence-corrected chi connectivity index (χ0v) is 17.1. The summed E-state index contributed by atoms with van der Waals surface area (Å²) in [5.41, 5.74) is 0.589. The molecule has 9 heteroatoms. The molecule has 0 bridgehead atoms. The van der Waals surface area contributed by atoms with Crippen LogP contribution in [0, 0.1) is 0 Å². The Hall–Kier alpha value is -2.36. The largest absolute Gasteiger partial charge is 0.497 e. The van der Waals surface area contributed by atoms with Crippen molar-refractivity contribution in [2.45, 2.75) is 4.90 Å². The molecule has 0 aliphatic heterocycles. The molecule has 27 heavy (non-hydrogen) atoms. The molecule has 0 heterocycles. The third kappa shape index (κ3) is 6.09. The van der Waals surface area contributed by atoms with E-state index in [1.807, 2.05) is 24.3 Å². The van der Waals surface area contributed by atoms with Crippen LogP contribution in [0.25, 0.3) is 0 Å². The molecule has 2 aromatic rings. The van der Waals surface area contributed by atoms with Gasteiger partial charge in [0.15, 0.2) is 5.11 Å². The highest BCUT2D eigenvalue weighted by Gasteiger charge is 2.17. The lowest BCUT2D eigenvalue weighted by Gasteiger charge is -2.14. The van der Waals surface area contributed by atoms with Crippen LogP contribution in [0.15, 0.2) is 53.4 Å².